The van der Waals surface area contributed by atoms with Gasteiger partial charge in [-0.1, -0.05) is 0 Å². The van der Waals surface area contributed by atoms with Crippen molar-refractivity contribution in [3.8, 4) is 0 Å². The van der Waals surface area contributed by atoms with Crippen LogP contribution in [0.4, 0.5) is 22.0 Å². The fourth-order valence-electron chi connectivity index (χ4n) is 0.975. The van der Waals surface area contributed by atoms with Crippen molar-refractivity contribution < 1.29 is 31.5 Å². The van der Waals surface area contributed by atoms with Gasteiger partial charge in [0.1, 0.15) is 0 Å². The van der Waals surface area contributed by atoms with E-state index in [0.29, 0.717) is 0 Å². The summed E-state index contributed by atoms with van der Waals surface area (Å²) >= 11 is 0. The Labute approximate surface area is 95.3 Å². The third kappa shape index (κ3) is 4.45. The molecule has 8 heteroatoms. The number of halogens is 5. The van der Waals surface area contributed by atoms with Gasteiger partial charge in [-0.05, 0) is 20.8 Å². The van der Waals surface area contributed by atoms with Gasteiger partial charge in [-0.25, -0.2) is 0 Å². The quantitative estimate of drug-likeness (QED) is 0.771. The fourth-order valence-corrected chi connectivity index (χ4v) is 0.975. The summed E-state index contributed by atoms with van der Waals surface area (Å²) < 4.78 is 65.5. The Morgan fingerprint density at radius 3 is 2.00 bits per heavy atom. The van der Waals surface area contributed by atoms with Crippen molar-refractivity contribution in [2.24, 2.45) is 0 Å². The summed E-state index contributed by atoms with van der Waals surface area (Å²) in [5.41, 5.74) is -1.01. The number of nitrogens with one attached hydrogen (secondary N) is 1. The zero-order valence-corrected chi connectivity index (χ0v) is 9.62. The van der Waals surface area contributed by atoms with E-state index in [4.69, 9.17) is 4.74 Å². The van der Waals surface area contributed by atoms with Crippen LogP contribution in [0.1, 0.15) is 20.8 Å². The van der Waals surface area contributed by atoms with Crippen LogP contribution in [-0.2, 0) is 9.53 Å². The summed E-state index contributed by atoms with van der Waals surface area (Å²) in [6, 6.07) is 0. The van der Waals surface area contributed by atoms with Gasteiger partial charge < -0.3 is 10.1 Å². The van der Waals surface area contributed by atoms with E-state index >= 15 is 0 Å². The first-order valence-electron chi connectivity index (χ1n) is 4.81. The minimum atomic E-state index is -5.90. The Bertz CT molecular complexity index is 275. The highest BCUT2D eigenvalue weighted by atomic mass is 19.4. The van der Waals surface area contributed by atoms with E-state index in [0.717, 1.165) is 0 Å². The Hall–Kier alpha value is -0.920. The van der Waals surface area contributed by atoms with E-state index in [1.54, 1.807) is 6.92 Å². The molecule has 0 saturated heterocycles. The molecular weight excluding hydrogens is 249 g/mol. The van der Waals surface area contributed by atoms with E-state index in [-0.39, 0.29) is 6.61 Å². The lowest BCUT2D eigenvalue weighted by atomic mass is 10.1. The van der Waals surface area contributed by atoms with Crippen LogP contribution in [0.25, 0.3) is 0 Å². The van der Waals surface area contributed by atoms with Crippen LogP contribution in [0.3, 0.4) is 0 Å². The highest BCUT2D eigenvalue weighted by molar-refractivity contribution is 5.84. The Morgan fingerprint density at radius 2 is 1.65 bits per heavy atom. The predicted molar refractivity (Wildman–Crippen MR) is 49.7 cm³/mol. The number of alkyl halides is 5. The molecule has 0 aliphatic heterocycles. The number of hydrogen-bond acceptors (Lipinski definition) is 2. The maximum absolute atomic E-state index is 12.5. The molecule has 0 aromatic rings. The molecule has 0 atom stereocenters. The first kappa shape index (κ1) is 16.1. The Balaban J connectivity index is 4.48. The monoisotopic (exact) mass is 263 g/mol. The van der Waals surface area contributed by atoms with E-state index in [1.807, 2.05) is 0 Å². The number of rotatable bonds is 5. The second-order valence-electron chi connectivity index (χ2n) is 3.95. The lowest BCUT2D eigenvalue weighted by Crippen LogP contribution is -2.53. The summed E-state index contributed by atoms with van der Waals surface area (Å²) in [7, 11) is 0. The molecule has 0 saturated carbocycles. The molecule has 0 bridgehead atoms. The molecule has 17 heavy (non-hydrogen) atoms. The molecule has 0 rings (SSSR count). The molecule has 0 unspecified atom stereocenters. The number of ether oxygens (including phenoxy) is 1. The normalized spacial score (nSPS) is 13.6. The third-order valence-corrected chi connectivity index (χ3v) is 1.85. The average Bonchev–Trinajstić information content (AvgIpc) is 2.12. The zero-order chi connectivity index (χ0) is 13.9. The molecule has 102 valence electrons. The van der Waals surface area contributed by atoms with E-state index in [1.165, 1.54) is 19.2 Å². The van der Waals surface area contributed by atoms with Crippen LogP contribution in [0, 0.1) is 0 Å². The van der Waals surface area contributed by atoms with Crippen LogP contribution >= 0.6 is 0 Å². The van der Waals surface area contributed by atoms with Gasteiger partial charge in [0.25, 0.3) is 5.91 Å². The molecule has 0 heterocycles. The van der Waals surface area contributed by atoms with E-state index < -0.39 is 30.2 Å². The van der Waals surface area contributed by atoms with Crippen molar-refractivity contribution in [3.63, 3.8) is 0 Å². The van der Waals surface area contributed by atoms with Crippen LogP contribution in [0.5, 0.6) is 0 Å². The lowest BCUT2D eigenvalue weighted by Gasteiger charge is -2.26. The fraction of sp³-hybridized carbons (Fsp3) is 0.889. The number of amides is 1. The zero-order valence-electron chi connectivity index (χ0n) is 9.62. The van der Waals surface area contributed by atoms with E-state index in [9.17, 15) is 26.7 Å². The summed E-state index contributed by atoms with van der Waals surface area (Å²) in [6.45, 7) is 4.36. The standard InChI is InChI=1S/C9H14F5NO2/c1-4-17-7(2,3)5-15-6(16)8(10,11)9(12,13)14/h4-5H2,1-3H3,(H,15,16). The minimum absolute atomic E-state index is 0.249. The summed E-state index contributed by atoms with van der Waals surface area (Å²) in [6.07, 6.45) is -5.90. The summed E-state index contributed by atoms with van der Waals surface area (Å²) in [4.78, 5) is 10.7. The molecule has 3 nitrogen and oxygen atoms in total. The molecule has 1 N–H and O–H groups in total. The van der Waals surface area contributed by atoms with Gasteiger partial charge in [0.05, 0.1) is 5.60 Å². The first-order valence-corrected chi connectivity index (χ1v) is 4.81. The SMILES string of the molecule is CCOC(C)(C)CNC(=O)C(F)(F)C(F)(F)F. The van der Waals surface area contributed by atoms with Crippen molar-refractivity contribution >= 4 is 5.91 Å². The summed E-state index contributed by atoms with van der Waals surface area (Å²) in [5.74, 6) is -7.77. The van der Waals surface area contributed by atoms with Gasteiger partial charge in [0, 0.05) is 13.2 Å². The molecule has 0 aliphatic carbocycles. The van der Waals surface area contributed by atoms with Crippen molar-refractivity contribution in [3.05, 3.63) is 0 Å². The molecule has 1 amide bonds. The maximum atomic E-state index is 12.5. The van der Waals surface area contributed by atoms with Crippen LogP contribution in [0.15, 0.2) is 0 Å². The molecular formula is C9H14F5NO2. The topological polar surface area (TPSA) is 38.3 Å². The molecule has 0 spiro atoms. The molecule has 0 aromatic carbocycles. The number of carbonyl (C=O) groups is 1. The third-order valence-electron chi connectivity index (χ3n) is 1.85. The van der Waals surface area contributed by atoms with Gasteiger partial charge in [-0.2, -0.15) is 22.0 Å². The van der Waals surface area contributed by atoms with Gasteiger partial charge in [0.15, 0.2) is 0 Å². The van der Waals surface area contributed by atoms with Gasteiger partial charge >= 0.3 is 12.1 Å². The van der Waals surface area contributed by atoms with Gasteiger partial charge in [-0.15, -0.1) is 0 Å². The van der Waals surface area contributed by atoms with Gasteiger partial charge in [0.2, 0.25) is 0 Å². The van der Waals surface area contributed by atoms with Crippen LogP contribution in [0.2, 0.25) is 0 Å². The second kappa shape index (κ2) is 5.16. The van der Waals surface area contributed by atoms with Crippen LogP contribution in [-0.4, -0.2) is 36.8 Å². The van der Waals surface area contributed by atoms with Crippen molar-refractivity contribution in [1.29, 1.82) is 0 Å². The van der Waals surface area contributed by atoms with Gasteiger partial charge in [-0.3, -0.25) is 4.79 Å². The second-order valence-corrected chi connectivity index (χ2v) is 3.95. The van der Waals surface area contributed by atoms with Crippen molar-refractivity contribution in [1.82, 2.24) is 5.32 Å². The maximum Gasteiger partial charge on any atom is 0.463 e. The molecule has 0 fully saturated rings. The Kier molecular flexibility index (Phi) is 4.88. The minimum Gasteiger partial charge on any atom is -0.374 e. The first-order chi connectivity index (χ1) is 7.44. The highest BCUT2D eigenvalue weighted by Gasteiger charge is 2.63. The highest BCUT2D eigenvalue weighted by Crippen LogP contribution is 2.35. The van der Waals surface area contributed by atoms with Crippen LogP contribution < -0.4 is 5.32 Å². The molecule has 0 aliphatic rings. The number of carbonyl (C=O) groups excluding carboxylic acids is 1. The predicted octanol–water partition coefficient (Wildman–Crippen LogP) is 2.12. The van der Waals surface area contributed by atoms with E-state index in [2.05, 4.69) is 0 Å². The summed E-state index contributed by atoms with van der Waals surface area (Å²) in [5, 5.41) is 1.52. The number of hydrogen-bond donors (Lipinski definition) is 1. The average molecular weight is 263 g/mol. The lowest BCUT2D eigenvalue weighted by molar-refractivity contribution is -0.270. The van der Waals surface area contributed by atoms with Crippen molar-refractivity contribution in [2.75, 3.05) is 13.2 Å². The van der Waals surface area contributed by atoms with Crippen molar-refractivity contribution in [2.45, 2.75) is 38.5 Å². The molecule has 0 aromatic heterocycles. The largest absolute Gasteiger partial charge is 0.463 e. The molecule has 0 radical (unpaired) electrons. The Morgan fingerprint density at radius 1 is 1.18 bits per heavy atom. The smallest absolute Gasteiger partial charge is 0.374 e.